The maximum atomic E-state index is 12.0. The standard InChI is InChI=1S/C20H21BrClN5O2/c21-15-11-25-27-18(23-7-3-8-24-20(28)13-6-9-29-12-13)10-17(26-19(15)27)14-4-1-2-5-16(14)22/h1-2,4-5,10-11,13,23H,3,6-9,12H2,(H,24,28). The lowest BCUT2D eigenvalue weighted by molar-refractivity contribution is -0.124. The van der Waals surface area contributed by atoms with Crippen LogP contribution in [0.4, 0.5) is 5.82 Å². The summed E-state index contributed by atoms with van der Waals surface area (Å²) in [4.78, 5) is 16.7. The largest absolute Gasteiger partial charge is 0.381 e. The number of hydrogen-bond acceptors (Lipinski definition) is 5. The van der Waals surface area contributed by atoms with Gasteiger partial charge in [0.05, 0.1) is 28.9 Å². The molecule has 1 amide bonds. The van der Waals surface area contributed by atoms with Crippen LogP contribution in [0.2, 0.25) is 5.02 Å². The molecule has 29 heavy (non-hydrogen) atoms. The molecule has 1 unspecified atom stereocenters. The number of rotatable bonds is 7. The first-order valence-electron chi connectivity index (χ1n) is 9.52. The van der Waals surface area contributed by atoms with Crippen LogP contribution in [-0.4, -0.2) is 46.8 Å². The summed E-state index contributed by atoms with van der Waals surface area (Å²) in [7, 11) is 0. The molecule has 1 aliphatic rings. The summed E-state index contributed by atoms with van der Waals surface area (Å²) in [5.74, 6) is 0.874. The Kier molecular flexibility index (Phi) is 6.32. The molecule has 1 fully saturated rings. The molecule has 0 saturated carbocycles. The first-order chi connectivity index (χ1) is 14.1. The minimum Gasteiger partial charge on any atom is -0.381 e. The molecule has 2 N–H and O–H groups in total. The molecular weight excluding hydrogens is 458 g/mol. The van der Waals surface area contributed by atoms with Crippen molar-refractivity contribution in [1.29, 1.82) is 0 Å². The van der Waals surface area contributed by atoms with E-state index in [0.717, 1.165) is 34.4 Å². The van der Waals surface area contributed by atoms with Gasteiger partial charge in [-0.3, -0.25) is 4.79 Å². The van der Waals surface area contributed by atoms with Crippen LogP contribution in [0.15, 0.2) is 41.0 Å². The Morgan fingerprint density at radius 2 is 2.21 bits per heavy atom. The molecule has 1 aliphatic heterocycles. The zero-order valence-corrected chi connectivity index (χ0v) is 18.0. The number of benzene rings is 1. The average Bonchev–Trinajstić information content (AvgIpc) is 3.38. The van der Waals surface area contributed by atoms with Gasteiger partial charge >= 0.3 is 0 Å². The molecule has 0 bridgehead atoms. The minimum atomic E-state index is -0.0117. The first-order valence-corrected chi connectivity index (χ1v) is 10.7. The molecule has 2 aromatic heterocycles. The lowest BCUT2D eigenvalue weighted by Gasteiger charge is -2.12. The van der Waals surface area contributed by atoms with E-state index in [-0.39, 0.29) is 11.8 Å². The molecule has 3 heterocycles. The van der Waals surface area contributed by atoms with Crippen LogP contribution >= 0.6 is 27.5 Å². The monoisotopic (exact) mass is 477 g/mol. The second-order valence-electron chi connectivity index (χ2n) is 6.87. The minimum absolute atomic E-state index is 0.0117. The number of halogens is 2. The Balaban J connectivity index is 1.44. The van der Waals surface area contributed by atoms with Crippen molar-refractivity contribution < 1.29 is 9.53 Å². The summed E-state index contributed by atoms with van der Waals surface area (Å²) < 4.78 is 7.82. The highest BCUT2D eigenvalue weighted by atomic mass is 79.9. The van der Waals surface area contributed by atoms with Gasteiger partial charge in [0.25, 0.3) is 0 Å². The predicted molar refractivity (Wildman–Crippen MR) is 116 cm³/mol. The fourth-order valence-electron chi connectivity index (χ4n) is 3.27. The van der Waals surface area contributed by atoms with Crippen LogP contribution in [0.25, 0.3) is 16.9 Å². The number of carbonyl (C=O) groups excluding carboxylic acids is 1. The van der Waals surface area contributed by atoms with Crippen molar-refractivity contribution in [2.45, 2.75) is 12.8 Å². The second-order valence-corrected chi connectivity index (χ2v) is 8.13. The number of nitrogens with zero attached hydrogens (tertiary/aromatic N) is 3. The first kappa shape index (κ1) is 20.1. The van der Waals surface area contributed by atoms with Gasteiger partial charge in [-0.15, -0.1) is 0 Å². The molecule has 9 heteroatoms. The number of anilines is 1. The molecule has 7 nitrogen and oxygen atoms in total. The summed E-state index contributed by atoms with van der Waals surface area (Å²) in [5, 5.41) is 11.4. The van der Waals surface area contributed by atoms with Crippen molar-refractivity contribution >= 4 is 44.9 Å². The van der Waals surface area contributed by atoms with Crippen molar-refractivity contribution in [3.05, 3.63) is 46.0 Å². The Morgan fingerprint density at radius 1 is 1.34 bits per heavy atom. The Labute approximate surface area is 181 Å². The number of carbonyl (C=O) groups is 1. The van der Waals surface area contributed by atoms with Crippen LogP contribution in [0, 0.1) is 5.92 Å². The van der Waals surface area contributed by atoms with E-state index in [1.54, 1.807) is 10.7 Å². The molecule has 0 spiro atoms. The number of ether oxygens (including phenoxy) is 1. The predicted octanol–water partition coefficient (Wildman–Crippen LogP) is 3.77. The molecule has 0 aliphatic carbocycles. The van der Waals surface area contributed by atoms with E-state index in [1.807, 2.05) is 30.3 Å². The fourth-order valence-corrected chi connectivity index (χ4v) is 3.85. The molecule has 0 radical (unpaired) electrons. The van der Waals surface area contributed by atoms with Crippen molar-refractivity contribution in [3.8, 4) is 11.3 Å². The molecule has 4 rings (SSSR count). The normalized spacial score (nSPS) is 16.3. The highest BCUT2D eigenvalue weighted by Crippen LogP contribution is 2.30. The maximum absolute atomic E-state index is 12.0. The zero-order valence-electron chi connectivity index (χ0n) is 15.7. The fraction of sp³-hybridized carbons (Fsp3) is 0.350. The van der Waals surface area contributed by atoms with Gasteiger partial charge in [0.2, 0.25) is 5.91 Å². The van der Waals surface area contributed by atoms with Gasteiger partial charge in [-0.2, -0.15) is 9.61 Å². The number of amides is 1. The van der Waals surface area contributed by atoms with E-state index in [0.29, 0.717) is 37.0 Å². The summed E-state index contributed by atoms with van der Waals surface area (Å²) in [6.45, 7) is 2.49. The van der Waals surface area contributed by atoms with Crippen LogP contribution < -0.4 is 10.6 Å². The summed E-state index contributed by atoms with van der Waals surface area (Å²) >= 11 is 9.86. The van der Waals surface area contributed by atoms with Gasteiger partial charge in [-0.05, 0) is 34.8 Å². The number of fused-ring (bicyclic) bond motifs is 1. The van der Waals surface area contributed by atoms with Gasteiger partial charge < -0.3 is 15.4 Å². The Hall–Kier alpha value is -2.16. The molecule has 3 aromatic rings. The Bertz CT molecular complexity index is 1020. The number of aromatic nitrogens is 3. The summed E-state index contributed by atoms with van der Waals surface area (Å²) in [6, 6.07) is 9.55. The van der Waals surface area contributed by atoms with Crippen LogP contribution in [0.3, 0.4) is 0 Å². The van der Waals surface area contributed by atoms with Crippen molar-refractivity contribution in [3.63, 3.8) is 0 Å². The topological polar surface area (TPSA) is 80.5 Å². The lowest BCUT2D eigenvalue weighted by atomic mass is 10.1. The molecule has 1 saturated heterocycles. The van der Waals surface area contributed by atoms with Crippen molar-refractivity contribution in [1.82, 2.24) is 19.9 Å². The van der Waals surface area contributed by atoms with Crippen molar-refractivity contribution in [2.75, 3.05) is 31.6 Å². The van der Waals surface area contributed by atoms with Gasteiger partial charge in [0.15, 0.2) is 5.65 Å². The highest BCUT2D eigenvalue weighted by Gasteiger charge is 2.22. The van der Waals surface area contributed by atoms with Gasteiger partial charge in [0, 0.05) is 36.3 Å². The van der Waals surface area contributed by atoms with Crippen LogP contribution in [-0.2, 0) is 9.53 Å². The van der Waals surface area contributed by atoms with Gasteiger partial charge in [-0.1, -0.05) is 29.8 Å². The SMILES string of the molecule is O=C(NCCCNc1cc(-c2ccccc2Cl)nc2c(Br)cnn12)C1CCOC1. The van der Waals surface area contributed by atoms with Crippen molar-refractivity contribution in [2.24, 2.45) is 5.92 Å². The third-order valence-electron chi connectivity index (χ3n) is 4.84. The van der Waals surface area contributed by atoms with Gasteiger partial charge in [0.1, 0.15) is 5.82 Å². The van der Waals surface area contributed by atoms with E-state index in [1.165, 1.54) is 0 Å². The second kappa shape index (κ2) is 9.11. The molecule has 1 aromatic carbocycles. The van der Waals surface area contributed by atoms with Crippen LogP contribution in [0.1, 0.15) is 12.8 Å². The number of hydrogen-bond donors (Lipinski definition) is 2. The van der Waals surface area contributed by atoms with Crippen LogP contribution in [0.5, 0.6) is 0 Å². The van der Waals surface area contributed by atoms with Gasteiger partial charge in [-0.25, -0.2) is 4.98 Å². The number of nitrogens with one attached hydrogen (secondary N) is 2. The molecule has 1 atom stereocenters. The summed E-state index contributed by atoms with van der Waals surface area (Å²) in [6.07, 6.45) is 3.30. The molecular formula is C20H21BrClN5O2. The average molecular weight is 479 g/mol. The van der Waals surface area contributed by atoms with E-state index in [4.69, 9.17) is 21.3 Å². The third kappa shape index (κ3) is 4.55. The smallest absolute Gasteiger partial charge is 0.225 e. The zero-order chi connectivity index (χ0) is 20.2. The summed E-state index contributed by atoms with van der Waals surface area (Å²) in [5.41, 5.74) is 2.33. The van der Waals surface area contributed by atoms with E-state index in [2.05, 4.69) is 31.7 Å². The van der Waals surface area contributed by atoms with E-state index >= 15 is 0 Å². The molecule has 152 valence electrons. The lowest BCUT2D eigenvalue weighted by Crippen LogP contribution is -2.32. The van der Waals surface area contributed by atoms with E-state index in [9.17, 15) is 4.79 Å². The third-order valence-corrected chi connectivity index (χ3v) is 5.73. The maximum Gasteiger partial charge on any atom is 0.225 e. The quantitative estimate of drug-likeness (QED) is 0.505. The Morgan fingerprint density at radius 3 is 3.00 bits per heavy atom. The van der Waals surface area contributed by atoms with E-state index < -0.39 is 0 Å². The highest BCUT2D eigenvalue weighted by molar-refractivity contribution is 9.10.